The van der Waals surface area contributed by atoms with Gasteiger partial charge in [-0.1, -0.05) is 30.3 Å². The SMILES string of the molecule is COC(=O)C1=CO[C@@H](O[C@@H]2O[C@H](COC(=O)/C=C/c3ccccc3)[C@@H](O)[C@H](O)[C@H]2O)[C@H]2[C@@H]1CC(=O)O[C@@H]2C. The molecule has 0 radical (unpaired) electrons. The van der Waals surface area contributed by atoms with Crippen LogP contribution in [-0.4, -0.2) is 90.0 Å². The van der Waals surface area contributed by atoms with Gasteiger partial charge in [-0.15, -0.1) is 0 Å². The zero-order valence-corrected chi connectivity index (χ0v) is 20.7. The molecule has 2 saturated heterocycles. The first-order valence-corrected chi connectivity index (χ1v) is 12.1. The molecule has 0 bridgehead atoms. The summed E-state index contributed by atoms with van der Waals surface area (Å²) in [4.78, 5) is 36.4. The number of benzene rings is 1. The van der Waals surface area contributed by atoms with E-state index >= 15 is 0 Å². The number of ether oxygens (including phenoxy) is 6. The van der Waals surface area contributed by atoms with Crippen LogP contribution >= 0.6 is 0 Å². The average Bonchev–Trinajstić information content (AvgIpc) is 2.91. The van der Waals surface area contributed by atoms with Crippen LogP contribution in [0.15, 0.2) is 48.2 Å². The molecule has 1 aromatic carbocycles. The molecule has 0 spiro atoms. The van der Waals surface area contributed by atoms with E-state index in [4.69, 9.17) is 28.4 Å². The average molecular weight is 535 g/mol. The first-order chi connectivity index (χ1) is 18.2. The molecule has 12 heteroatoms. The van der Waals surface area contributed by atoms with Gasteiger partial charge in [0.15, 0.2) is 6.29 Å². The third kappa shape index (κ3) is 6.05. The lowest BCUT2D eigenvalue weighted by Crippen LogP contribution is -2.61. The number of hydrogen-bond acceptors (Lipinski definition) is 12. The summed E-state index contributed by atoms with van der Waals surface area (Å²) < 4.78 is 32.3. The summed E-state index contributed by atoms with van der Waals surface area (Å²) in [5.41, 5.74) is 0.915. The molecular weight excluding hydrogens is 504 g/mol. The van der Waals surface area contributed by atoms with Gasteiger partial charge in [0.1, 0.15) is 37.1 Å². The molecule has 1 aromatic rings. The van der Waals surface area contributed by atoms with Crippen LogP contribution in [-0.2, 0) is 42.8 Å². The lowest BCUT2D eigenvalue weighted by Gasteiger charge is -2.45. The van der Waals surface area contributed by atoms with E-state index in [0.29, 0.717) is 0 Å². The molecule has 2 fully saturated rings. The molecule has 0 unspecified atom stereocenters. The largest absolute Gasteiger partial charge is 0.471 e. The quantitative estimate of drug-likeness (QED) is 0.245. The maximum Gasteiger partial charge on any atom is 0.337 e. The van der Waals surface area contributed by atoms with Gasteiger partial charge in [-0.2, -0.15) is 0 Å². The number of carbonyl (C=O) groups excluding carboxylic acids is 3. The molecule has 3 N–H and O–H groups in total. The summed E-state index contributed by atoms with van der Waals surface area (Å²) in [7, 11) is 1.20. The van der Waals surface area contributed by atoms with E-state index in [1.54, 1.807) is 25.1 Å². The van der Waals surface area contributed by atoms with Gasteiger partial charge in [-0.05, 0) is 18.6 Å². The number of fused-ring (bicyclic) bond motifs is 1. The van der Waals surface area contributed by atoms with Crippen molar-refractivity contribution in [3.05, 3.63) is 53.8 Å². The van der Waals surface area contributed by atoms with Crippen LogP contribution in [0.5, 0.6) is 0 Å². The molecule has 3 aliphatic heterocycles. The van der Waals surface area contributed by atoms with Crippen molar-refractivity contribution in [1.29, 1.82) is 0 Å². The molecule has 4 rings (SSSR count). The Morgan fingerprint density at radius 2 is 1.82 bits per heavy atom. The highest BCUT2D eigenvalue weighted by Crippen LogP contribution is 2.41. The topological polar surface area (TPSA) is 167 Å². The first-order valence-electron chi connectivity index (χ1n) is 12.1. The van der Waals surface area contributed by atoms with Crippen LogP contribution in [0.1, 0.15) is 18.9 Å². The first kappa shape index (κ1) is 27.7. The minimum Gasteiger partial charge on any atom is -0.471 e. The molecular formula is C26H30O12. The van der Waals surface area contributed by atoms with E-state index in [9.17, 15) is 29.7 Å². The fourth-order valence-corrected chi connectivity index (χ4v) is 4.70. The summed E-state index contributed by atoms with van der Waals surface area (Å²) in [6.07, 6.45) is -5.85. The molecule has 12 nitrogen and oxygen atoms in total. The third-order valence-electron chi connectivity index (χ3n) is 6.71. The lowest BCUT2D eigenvalue weighted by molar-refractivity contribution is -0.346. The summed E-state index contributed by atoms with van der Waals surface area (Å²) in [6.45, 7) is 1.16. The van der Waals surface area contributed by atoms with Gasteiger partial charge in [-0.3, -0.25) is 4.79 Å². The number of aliphatic hydroxyl groups is 3. The van der Waals surface area contributed by atoms with Crippen molar-refractivity contribution in [2.24, 2.45) is 11.8 Å². The van der Waals surface area contributed by atoms with Crippen molar-refractivity contribution in [2.75, 3.05) is 13.7 Å². The van der Waals surface area contributed by atoms with Gasteiger partial charge in [0.2, 0.25) is 6.29 Å². The van der Waals surface area contributed by atoms with Crippen LogP contribution in [0.4, 0.5) is 0 Å². The summed E-state index contributed by atoms with van der Waals surface area (Å²) in [5, 5.41) is 31.3. The van der Waals surface area contributed by atoms with Crippen LogP contribution < -0.4 is 0 Å². The third-order valence-corrected chi connectivity index (χ3v) is 6.71. The van der Waals surface area contributed by atoms with Crippen LogP contribution in [0.25, 0.3) is 6.08 Å². The van der Waals surface area contributed by atoms with Gasteiger partial charge in [0.25, 0.3) is 0 Å². The Kier molecular flexibility index (Phi) is 8.80. The lowest BCUT2D eigenvalue weighted by atomic mass is 9.77. The van der Waals surface area contributed by atoms with E-state index in [0.717, 1.165) is 11.8 Å². The highest BCUT2D eigenvalue weighted by atomic mass is 16.8. The van der Waals surface area contributed by atoms with E-state index < -0.39 is 79.5 Å². The van der Waals surface area contributed by atoms with Crippen LogP contribution in [0.3, 0.4) is 0 Å². The molecule has 0 amide bonds. The van der Waals surface area contributed by atoms with Gasteiger partial charge in [0, 0.05) is 12.0 Å². The summed E-state index contributed by atoms with van der Waals surface area (Å²) >= 11 is 0. The van der Waals surface area contributed by atoms with Crippen molar-refractivity contribution >= 4 is 24.0 Å². The molecule has 0 saturated carbocycles. The van der Waals surface area contributed by atoms with E-state index in [-0.39, 0.29) is 12.0 Å². The number of cyclic esters (lactones) is 1. The number of carbonyl (C=O) groups is 3. The van der Waals surface area contributed by atoms with E-state index in [1.165, 1.54) is 13.2 Å². The monoisotopic (exact) mass is 534 g/mol. The predicted molar refractivity (Wildman–Crippen MR) is 126 cm³/mol. The summed E-state index contributed by atoms with van der Waals surface area (Å²) in [6, 6.07) is 9.06. The Hall–Kier alpha value is -3.29. The predicted octanol–water partition coefficient (Wildman–Crippen LogP) is 0.0482. The zero-order chi connectivity index (χ0) is 27.4. The number of aliphatic hydroxyl groups excluding tert-OH is 3. The number of esters is 3. The minimum atomic E-state index is -1.69. The second-order valence-electron chi connectivity index (χ2n) is 9.18. The molecule has 3 aliphatic rings. The number of hydrogen-bond donors (Lipinski definition) is 3. The Morgan fingerprint density at radius 1 is 1.08 bits per heavy atom. The van der Waals surface area contributed by atoms with Gasteiger partial charge in [-0.25, -0.2) is 9.59 Å². The maximum atomic E-state index is 12.2. The maximum absolute atomic E-state index is 12.2. The van der Waals surface area contributed by atoms with E-state index in [2.05, 4.69) is 0 Å². The number of methoxy groups -OCH3 is 1. The fraction of sp³-hybridized carbons (Fsp3) is 0.500. The van der Waals surface area contributed by atoms with Gasteiger partial charge < -0.3 is 43.7 Å². The second kappa shape index (κ2) is 12.0. The molecule has 206 valence electrons. The highest BCUT2D eigenvalue weighted by Gasteiger charge is 2.52. The smallest absolute Gasteiger partial charge is 0.337 e. The van der Waals surface area contributed by atoms with Crippen molar-refractivity contribution in [2.45, 2.75) is 56.4 Å². The van der Waals surface area contributed by atoms with Crippen molar-refractivity contribution in [3.8, 4) is 0 Å². The van der Waals surface area contributed by atoms with Gasteiger partial charge >= 0.3 is 17.9 Å². The molecule has 38 heavy (non-hydrogen) atoms. The zero-order valence-electron chi connectivity index (χ0n) is 20.7. The Morgan fingerprint density at radius 3 is 2.53 bits per heavy atom. The van der Waals surface area contributed by atoms with E-state index in [1.807, 2.05) is 18.2 Å². The minimum absolute atomic E-state index is 0.121. The van der Waals surface area contributed by atoms with Crippen LogP contribution in [0, 0.1) is 11.8 Å². The fourth-order valence-electron chi connectivity index (χ4n) is 4.70. The van der Waals surface area contributed by atoms with Crippen molar-refractivity contribution < 1.29 is 58.1 Å². The Labute approximate surface area is 218 Å². The Balaban J connectivity index is 1.43. The molecule has 0 aromatic heterocycles. The molecule has 9 atom stereocenters. The Bertz CT molecular complexity index is 1070. The van der Waals surface area contributed by atoms with Crippen molar-refractivity contribution in [1.82, 2.24) is 0 Å². The summed E-state index contributed by atoms with van der Waals surface area (Å²) in [5.74, 6) is -3.21. The molecule has 0 aliphatic carbocycles. The number of rotatable bonds is 7. The van der Waals surface area contributed by atoms with Gasteiger partial charge in [0.05, 0.1) is 31.3 Å². The second-order valence-corrected chi connectivity index (χ2v) is 9.18. The van der Waals surface area contributed by atoms with Crippen molar-refractivity contribution in [3.63, 3.8) is 0 Å². The standard InChI is InChI=1S/C26H30O12/c1-13-20-15(10-19(28)36-13)16(24(32)33-2)11-35-25(20)38-26-23(31)22(30)21(29)17(37-26)12-34-18(27)9-8-14-6-4-3-5-7-14/h3-9,11,13,15,17,20-23,25-26,29-31H,10,12H2,1-2H3/b9-8+/t13-,15-,17-,20-,21-,22+,23-,25+,26+/m1/s1. The van der Waals surface area contributed by atoms with Crippen LogP contribution in [0.2, 0.25) is 0 Å². The molecule has 3 heterocycles. The normalized spacial score (nSPS) is 34.9. The highest BCUT2D eigenvalue weighted by molar-refractivity contribution is 5.90.